The molecule has 0 aliphatic carbocycles. The molecule has 2 amide bonds. The van der Waals surface area contributed by atoms with Crippen molar-refractivity contribution < 1.29 is 14.0 Å². The first-order chi connectivity index (χ1) is 15.1. The maximum atomic E-state index is 13.0. The van der Waals surface area contributed by atoms with Crippen molar-refractivity contribution in [2.75, 3.05) is 12.3 Å². The third kappa shape index (κ3) is 5.33. The summed E-state index contributed by atoms with van der Waals surface area (Å²) in [4.78, 5) is 26.8. The second-order valence-corrected chi connectivity index (χ2v) is 8.49. The maximum Gasteiger partial charge on any atom is 0.251 e. The topological polar surface area (TPSA) is 49.4 Å². The van der Waals surface area contributed by atoms with Crippen molar-refractivity contribution in [3.63, 3.8) is 0 Å². The smallest absolute Gasteiger partial charge is 0.251 e. The Kier molecular flexibility index (Phi) is 6.67. The van der Waals surface area contributed by atoms with Gasteiger partial charge in [-0.05, 0) is 47.4 Å². The molecule has 3 aromatic carbocycles. The Bertz CT molecular complexity index is 1040. The van der Waals surface area contributed by atoms with Gasteiger partial charge in [-0.3, -0.25) is 9.59 Å². The molecule has 1 N–H and O–H groups in total. The zero-order valence-corrected chi connectivity index (χ0v) is 17.8. The number of thioether (sulfide) groups is 1. The molecule has 4 nitrogen and oxygen atoms in total. The van der Waals surface area contributed by atoms with Crippen LogP contribution in [0.2, 0.25) is 0 Å². The van der Waals surface area contributed by atoms with E-state index in [1.54, 1.807) is 36.0 Å². The molecule has 3 aromatic rings. The van der Waals surface area contributed by atoms with Crippen LogP contribution in [0.15, 0.2) is 78.9 Å². The van der Waals surface area contributed by atoms with Gasteiger partial charge in [0.15, 0.2) is 0 Å². The zero-order chi connectivity index (χ0) is 21.6. The van der Waals surface area contributed by atoms with E-state index in [1.807, 2.05) is 35.2 Å². The molecule has 6 heteroatoms. The Hall–Kier alpha value is -3.12. The summed E-state index contributed by atoms with van der Waals surface area (Å²) in [5, 5.41) is 2.81. The van der Waals surface area contributed by atoms with Crippen molar-refractivity contribution in [1.29, 1.82) is 0 Å². The molecule has 0 unspecified atom stereocenters. The normalized spacial score (nSPS) is 15.8. The molecular weight excluding hydrogens is 411 g/mol. The zero-order valence-electron chi connectivity index (χ0n) is 17.0. The lowest BCUT2D eigenvalue weighted by Crippen LogP contribution is -2.30. The number of amides is 2. The highest BCUT2D eigenvalue weighted by atomic mass is 32.2. The van der Waals surface area contributed by atoms with Crippen LogP contribution in [0.1, 0.15) is 32.4 Å². The maximum absolute atomic E-state index is 13.0. The Morgan fingerprint density at radius 1 is 0.968 bits per heavy atom. The SMILES string of the molecule is O=C(NCc1ccc(F)cc1)c1ccc([C@@H]2SCC(=O)N2CCc2ccccc2)cc1. The van der Waals surface area contributed by atoms with Crippen molar-refractivity contribution >= 4 is 23.6 Å². The predicted octanol–water partition coefficient (Wildman–Crippen LogP) is 4.57. The van der Waals surface area contributed by atoms with E-state index in [-0.39, 0.29) is 23.0 Å². The van der Waals surface area contributed by atoms with E-state index in [9.17, 15) is 14.0 Å². The van der Waals surface area contributed by atoms with Gasteiger partial charge in [-0.1, -0.05) is 54.6 Å². The Balaban J connectivity index is 1.37. The van der Waals surface area contributed by atoms with Gasteiger partial charge in [-0.15, -0.1) is 11.8 Å². The quantitative estimate of drug-likeness (QED) is 0.593. The van der Waals surface area contributed by atoms with Crippen molar-refractivity contribution in [3.8, 4) is 0 Å². The fourth-order valence-electron chi connectivity index (χ4n) is 3.55. The molecule has 1 atom stereocenters. The van der Waals surface area contributed by atoms with E-state index in [0.717, 1.165) is 17.5 Å². The van der Waals surface area contributed by atoms with E-state index in [1.165, 1.54) is 17.7 Å². The highest BCUT2D eigenvalue weighted by Crippen LogP contribution is 2.38. The van der Waals surface area contributed by atoms with Gasteiger partial charge < -0.3 is 10.2 Å². The molecule has 0 bridgehead atoms. The number of nitrogens with one attached hydrogen (secondary N) is 1. The van der Waals surface area contributed by atoms with Crippen molar-refractivity contribution in [1.82, 2.24) is 10.2 Å². The summed E-state index contributed by atoms with van der Waals surface area (Å²) in [7, 11) is 0. The number of hydrogen-bond acceptors (Lipinski definition) is 3. The summed E-state index contributed by atoms with van der Waals surface area (Å²) >= 11 is 1.61. The molecule has 0 radical (unpaired) electrons. The number of carbonyl (C=O) groups excluding carboxylic acids is 2. The van der Waals surface area contributed by atoms with E-state index >= 15 is 0 Å². The third-order valence-electron chi connectivity index (χ3n) is 5.28. The van der Waals surface area contributed by atoms with Crippen molar-refractivity contribution in [3.05, 3.63) is 107 Å². The molecule has 0 aromatic heterocycles. The number of halogens is 1. The van der Waals surface area contributed by atoms with Crippen LogP contribution in [0, 0.1) is 5.82 Å². The molecular formula is C25H23FN2O2S. The monoisotopic (exact) mass is 434 g/mol. The summed E-state index contributed by atoms with van der Waals surface area (Å²) in [5.41, 5.74) is 3.61. The molecule has 1 saturated heterocycles. The fourth-order valence-corrected chi connectivity index (χ4v) is 4.77. The standard InChI is InChI=1S/C25H23FN2O2S/c26-22-12-6-19(7-13-22)16-27-24(30)20-8-10-21(11-9-20)25-28(23(29)17-31-25)15-14-18-4-2-1-3-5-18/h1-13,25H,14-17H2,(H,27,30)/t25-/m0/s1. The molecule has 31 heavy (non-hydrogen) atoms. The molecule has 1 fully saturated rings. The van der Waals surface area contributed by atoms with Gasteiger partial charge in [-0.25, -0.2) is 4.39 Å². The number of rotatable bonds is 7. The molecule has 1 aliphatic rings. The minimum atomic E-state index is -0.299. The highest BCUT2D eigenvalue weighted by molar-refractivity contribution is 8.00. The second kappa shape index (κ2) is 9.79. The van der Waals surface area contributed by atoms with Gasteiger partial charge in [0.25, 0.3) is 5.91 Å². The van der Waals surface area contributed by atoms with Crippen LogP contribution in [-0.4, -0.2) is 29.0 Å². The van der Waals surface area contributed by atoms with E-state index < -0.39 is 0 Å². The van der Waals surface area contributed by atoms with Crippen LogP contribution in [0.5, 0.6) is 0 Å². The largest absolute Gasteiger partial charge is 0.348 e. The number of carbonyl (C=O) groups is 2. The number of benzene rings is 3. The lowest BCUT2D eigenvalue weighted by Gasteiger charge is -2.24. The minimum Gasteiger partial charge on any atom is -0.348 e. The summed E-state index contributed by atoms with van der Waals surface area (Å²) in [5.74, 6) is 0.130. The van der Waals surface area contributed by atoms with Crippen LogP contribution in [0.4, 0.5) is 4.39 Å². The third-order valence-corrected chi connectivity index (χ3v) is 6.53. The predicted molar refractivity (Wildman–Crippen MR) is 121 cm³/mol. The molecule has 0 spiro atoms. The lowest BCUT2D eigenvalue weighted by atomic mass is 10.1. The second-order valence-electron chi connectivity index (χ2n) is 7.42. The van der Waals surface area contributed by atoms with Gasteiger partial charge in [-0.2, -0.15) is 0 Å². The molecule has 4 rings (SSSR count). The summed E-state index contributed by atoms with van der Waals surface area (Å²) in [6, 6.07) is 23.6. The van der Waals surface area contributed by atoms with Gasteiger partial charge in [0, 0.05) is 18.7 Å². The average molecular weight is 435 g/mol. The van der Waals surface area contributed by atoms with Crippen LogP contribution in [-0.2, 0) is 17.8 Å². The summed E-state index contributed by atoms with van der Waals surface area (Å²) in [6.07, 6.45) is 0.813. The average Bonchev–Trinajstić information content (AvgIpc) is 3.18. The van der Waals surface area contributed by atoms with E-state index in [2.05, 4.69) is 17.4 Å². The Morgan fingerprint density at radius 2 is 1.68 bits per heavy atom. The Labute approximate surface area is 185 Å². The molecule has 1 heterocycles. The summed E-state index contributed by atoms with van der Waals surface area (Å²) < 4.78 is 13.0. The molecule has 0 saturated carbocycles. The first-order valence-electron chi connectivity index (χ1n) is 10.2. The number of hydrogen-bond donors (Lipinski definition) is 1. The van der Waals surface area contributed by atoms with Gasteiger partial charge in [0.05, 0.1) is 5.75 Å². The van der Waals surface area contributed by atoms with Gasteiger partial charge >= 0.3 is 0 Å². The fraction of sp³-hybridized carbons (Fsp3) is 0.200. The molecule has 158 valence electrons. The van der Waals surface area contributed by atoms with Crippen molar-refractivity contribution in [2.45, 2.75) is 18.3 Å². The minimum absolute atomic E-state index is 0.0347. The van der Waals surface area contributed by atoms with E-state index in [0.29, 0.717) is 24.4 Å². The number of nitrogens with zero attached hydrogens (tertiary/aromatic N) is 1. The van der Waals surface area contributed by atoms with Gasteiger partial charge in [0.2, 0.25) is 5.91 Å². The first-order valence-corrected chi connectivity index (χ1v) is 11.2. The lowest BCUT2D eigenvalue weighted by molar-refractivity contribution is -0.128. The highest BCUT2D eigenvalue weighted by Gasteiger charge is 2.32. The Morgan fingerprint density at radius 3 is 2.39 bits per heavy atom. The summed E-state index contributed by atoms with van der Waals surface area (Å²) in [6.45, 7) is 1.00. The first kappa shape index (κ1) is 21.1. The molecule has 1 aliphatic heterocycles. The van der Waals surface area contributed by atoms with Crippen LogP contribution in [0.3, 0.4) is 0 Å². The van der Waals surface area contributed by atoms with Crippen molar-refractivity contribution in [2.24, 2.45) is 0 Å². The van der Waals surface area contributed by atoms with Gasteiger partial charge in [0.1, 0.15) is 11.2 Å². The van der Waals surface area contributed by atoms with Crippen LogP contribution >= 0.6 is 11.8 Å². The van der Waals surface area contributed by atoms with E-state index in [4.69, 9.17) is 0 Å². The van der Waals surface area contributed by atoms with Crippen LogP contribution in [0.25, 0.3) is 0 Å². The van der Waals surface area contributed by atoms with Crippen LogP contribution < -0.4 is 5.32 Å².